The highest BCUT2D eigenvalue weighted by atomic mass is 16.1. The Morgan fingerprint density at radius 3 is 2.74 bits per heavy atom. The van der Waals surface area contributed by atoms with Crippen molar-refractivity contribution in [3.05, 3.63) is 0 Å². The van der Waals surface area contributed by atoms with Crippen LogP contribution in [0.25, 0.3) is 0 Å². The van der Waals surface area contributed by atoms with E-state index in [1.165, 1.54) is 25.7 Å². The van der Waals surface area contributed by atoms with Crippen LogP contribution in [0.4, 0.5) is 0 Å². The first kappa shape index (κ1) is 14.8. The Morgan fingerprint density at radius 1 is 1.26 bits per heavy atom. The van der Waals surface area contributed by atoms with Crippen molar-refractivity contribution >= 4 is 5.91 Å². The van der Waals surface area contributed by atoms with E-state index in [1.54, 1.807) is 0 Å². The molecule has 2 fully saturated rings. The molecular weight excluding hydrogens is 236 g/mol. The molecule has 0 aromatic rings. The van der Waals surface area contributed by atoms with Crippen molar-refractivity contribution in [2.45, 2.75) is 83.7 Å². The number of carbonyl (C=O) groups is 1. The van der Waals surface area contributed by atoms with Crippen LogP contribution < -0.4 is 11.1 Å². The average Bonchev–Trinajstić information content (AvgIpc) is 2.27. The maximum atomic E-state index is 12.1. The number of nitrogens with two attached hydrogens (primary N) is 1. The first-order valence-corrected chi connectivity index (χ1v) is 7.99. The highest BCUT2D eigenvalue weighted by Crippen LogP contribution is 2.35. The molecule has 19 heavy (non-hydrogen) atoms. The van der Waals surface area contributed by atoms with E-state index < -0.39 is 0 Å². The average molecular weight is 266 g/mol. The summed E-state index contributed by atoms with van der Waals surface area (Å²) in [7, 11) is 0. The Balaban J connectivity index is 1.74. The van der Waals surface area contributed by atoms with Gasteiger partial charge < -0.3 is 11.1 Å². The van der Waals surface area contributed by atoms with Gasteiger partial charge in [0.2, 0.25) is 5.91 Å². The van der Waals surface area contributed by atoms with Gasteiger partial charge in [0.1, 0.15) is 0 Å². The van der Waals surface area contributed by atoms with E-state index in [0.29, 0.717) is 29.8 Å². The Morgan fingerprint density at radius 2 is 2.05 bits per heavy atom. The van der Waals surface area contributed by atoms with E-state index >= 15 is 0 Å². The smallest absolute Gasteiger partial charge is 0.220 e. The summed E-state index contributed by atoms with van der Waals surface area (Å²) < 4.78 is 0. The third-order valence-corrected chi connectivity index (χ3v) is 4.87. The predicted octanol–water partition coefficient (Wildman–Crippen LogP) is 2.98. The van der Waals surface area contributed by atoms with Gasteiger partial charge in [-0.25, -0.2) is 0 Å². The molecule has 0 aliphatic heterocycles. The highest BCUT2D eigenvalue weighted by Gasteiger charge is 2.29. The van der Waals surface area contributed by atoms with Gasteiger partial charge in [0.25, 0.3) is 0 Å². The third-order valence-electron chi connectivity index (χ3n) is 4.87. The van der Waals surface area contributed by atoms with E-state index in [9.17, 15) is 4.79 Å². The van der Waals surface area contributed by atoms with Crippen LogP contribution in [0, 0.1) is 11.3 Å². The molecule has 3 nitrogen and oxygen atoms in total. The molecule has 2 aliphatic rings. The van der Waals surface area contributed by atoms with Crippen LogP contribution in [0.5, 0.6) is 0 Å². The molecule has 0 saturated heterocycles. The van der Waals surface area contributed by atoms with Gasteiger partial charge in [0, 0.05) is 18.5 Å². The Hall–Kier alpha value is -0.570. The maximum absolute atomic E-state index is 12.1. The molecule has 0 heterocycles. The Bertz CT molecular complexity index is 314. The summed E-state index contributed by atoms with van der Waals surface area (Å²) >= 11 is 0. The number of hydrogen-bond acceptors (Lipinski definition) is 2. The van der Waals surface area contributed by atoms with Crippen LogP contribution in [0.1, 0.15) is 71.6 Å². The molecule has 0 bridgehead atoms. The largest absolute Gasteiger partial charge is 0.353 e. The molecular formula is C16H30N2O. The van der Waals surface area contributed by atoms with Crippen molar-refractivity contribution in [3.8, 4) is 0 Å². The maximum Gasteiger partial charge on any atom is 0.220 e. The van der Waals surface area contributed by atoms with Crippen LogP contribution in [0.3, 0.4) is 0 Å². The second-order valence-electron chi connectivity index (χ2n) is 7.52. The molecule has 1 amide bonds. The lowest BCUT2D eigenvalue weighted by molar-refractivity contribution is -0.123. The first-order valence-electron chi connectivity index (χ1n) is 7.99. The van der Waals surface area contributed by atoms with Crippen LogP contribution in [0.2, 0.25) is 0 Å². The van der Waals surface area contributed by atoms with Gasteiger partial charge in [0.05, 0.1) is 0 Å². The Labute approximate surface area is 117 Å². The quantitative estimate of drug-likeness (QED) is 0.825. The second-order valence-corrected chi connectivity index (χ2v) is 7.52. The fourth-order valence-electron chi connectivity index (χ4n) is 3.89. The summed E-state index contributed by atoms with van der Waals surface area (Å²) in [5.41, 5.74) is 6.38. The number of amides is 1. The zero-order chi connectivity index (χ0) is 13.9. The zero-order valence-corrected chi connectivity index (χ0v) is 12.6. The van der Waals surface area contributed by atoms with Gasteiger partial charge in [-0.1, -0.05) is 26.7 Å². The normalized spacial score (nSPS) is 34.8. The molecule has 2 saturated carbocycles. The van der Waals surface area contributed by atoms with Crippen molar-refractivity contribution in [1.29, 1.82) is 0 Å². The standard InChI is InChI=1S/C16H30N2O/c1-16(2)8-4-7-14(11-16)18-15(19)10-12-5-3-6-13(17)9-12/h12-14H,3-11,17H2,1-2H3,(H,18,19). The minimum absolute atomic E-state index is 0.252. The molecule has 0 spiro atoms. The number of hydrogen-bond donors (Lipinski definition) is 2. The fraction of sp³-hybridized carbons (Fsp3) is 0.938. The van der Waals surface area contributed by atoms with Crippen LogP contribution in [-0.4, -0.2) is 18.0 Å². The highest BCUT2D eigenvalue weighted by molar-refractivity contribution is 5.76. The fourth-order valence-corrected chi connectivity index (χ4v) is 3.89. The van der Waals surface area contributed by atoms with E-state index in [-0.39, 0.29) is 5.91 Å². The van der Waals surface area contributed by atoms with Crippen molar-refractivity contribution < 1.29 is 4.79 Å². The van der Waals surface area contributed by atoms with Crippen LogP contribution in [-0.2, 0) is 4.79 Å². The summed E-state index contributed by atoms with van der Waals surface area (Å²) in [6.45, 7) is 4.62. The Kier molecular flexibility index (Phi) is 4.88. The van der Waals surface area contributed by atoms with Crippen molar-refractivity contribution in [3.63, 3.8) is 0 Å². The van der Waals surface area contributed by atoms with Gasteiger partial charge >= 0.3 is 0 Å². The SMILES string of the molecule is CC1(C)CCCC(NC(=O)CC2CCCC(N)C2)C1. The molecule has 3 heteroatoms. The molecule has 110 valence electrons. The molecule has 0 aromatic carbocycles. The molecule has 2 aliphatic carbocycles. The molecule has 3 unspecified atom stereocenters. The van der Waals surface area contributed by atoms with E-state index in [1.807, 2.05) is 0 Å². The van der Waals surface area contributed by atoms with Crippen molar-refractivity contribution in [2.75, 3.05) is 0 Å². The summed E-state index contributed by atoms with van der Waals surface area (Å²) in [5.74, 6) is 0.766. The molecule has 0 aromatic heterocycles. The summed E-state index contributed by atoms with van der Waals surface area (Å²) in [4.78, 5) is 12.1. The van der Waals surface area contributed by atoms with Gasteiger partial charge in [-0.15, -0.1) is 0 Å². The minimum atomic E-state index is 0.252. The monoisotopic (exact) mass is 266 g/mol. The van der Waals surface area contributed by atoms with E-state index in [0.717, 1.165) is 25.7 Å². The van der Waals surface area contributed by atoms with Gasteiger partial charge in [-0.05, 0) is 49.9 Å². The molecule has 2 rings (SSSR count). The van der Waals surface area contributed by atoms with Crippen LogP contribution in [0.15, 0.2) is 0 Å². The van der Waals surface area contributed by atoms with Gasteiger partial charge in [-0.2, -0.15) is 0 Å². The molecule has 3 N–H and O–H groups in total. The zero-order valence-electron chi connectivity index (χ0n) is 12.6. The van der Waals surface area contributed by atoms with Crippen LogP contribution >= 0.6 is 0 Å². The molecule has 0 radical (unpaired) electrons. The van der Waals surface area contributed by atoms with Crippen molar-refractivity contribution in [2.24, 2.45) is 17.1 Å². The summed E-state index contributed by atoms with van der Waals surface area (Å²) in [5, 5.41) is 3.26. The lowest BCUT2D eigenvalue weighted by atomic mass is 9.75. The second kappa shape index (κ2) is 6.25. The van der Waals surface area contributed by atoms with Gasteiger partial charge in [0.15, 0.2) is 0 Å². The number of rotatable bonds is 3. The van der Waals surface area contributed by atoms with Crippen molar-refractivity contribution in [1.82, 2.24) is 5.32 Å². The minimum Gasteiger partial charge on any atom is -0.353 e. The number of nitrogens with one attached hydrogen (secondary N) is 1. The third kappa shape index (κ3) is 4.79. The summed E-state index contributed by atoms with van der Waals surface area (Å²) in [6.07, 6.45) is 10.0. The summed E-state index contributed by atoms with van der Waals surface area (Å²) in [6, 6.07) is 0.716. The van der Waals surface area contributed by atoms with E-state index in [2.05, 4.69) is 19.2 Å². The van der Waals surface area contributed by atoms with Gasteiger partial charge in [-0.3, -0.25) is 4.79 Å². The number of carbonyl (C=O) groups excluding carboxylic acids is 1. The first-order chi connectivity index (χ1) is 8.94. The predicted molar refractivity (Wildman–Crippen MR) is 78.7 cm³/mol. The van der Waals surface area contributed by atoms with E-state index in [4.69, 9.17) is 5.73 Å². The topological polar surface area (TPSA) is 55.1 Å². The lowest BCUT2D eigenvalue weighted by Gasteiger charge is -2.36. The lowest BCUT2D eigenvalue weighted by Crippen LogP contribution is -2.41. The molecule has 3 atom stereocenters.